The molecule has 3 N–H and O–H groups in total. The summed E-state index contributed by atoms with van der Waals surface area (Å²) in [4.78, 5) is 10.4. The van der Waals surface area contributed by atoms with Gasteiger partial charge in [0.2, 0.25) is 0 Å². The van der Waals surface area contributed by atoms with Crippen molar-refractivity contribution in [1.29, 1.82) is 0 Å². The number of aromatic nitrogens is 3. The average Bonchev–Trinajstić information content (AvgIpc) is 3.41. The molecule has 5 rings (SSSR count). The van der Waals surface area contributed by atoms with Gasteiger partial charge in [0.15, 0.2) is 0 Å². The Morgan fingerprint density at radius 3 is 2.80 bits per heavy atom. The maximum atomic E-state index is 6.68. The minimum Gasteiger partial charge on any atom is -0.384 e. The van der Waals surface area contributed by atoms with Crippen molar-refractivity contribution in [2.75, 3.05) is 17.6 Å². The Kier molecular flexibility index (Phi) is 4.81. The zero-order valence-electron chi connectivity index (χ0n) is 16.4. The molecule has 3 aromatic heterocycles. The van der Waals surface area contributed by atoms with Crippen molar-refractivity contribution >= 4 is 51.0 Å². The Hall–Kier alpha value is -3.09. The van der Waals surface area contributed by atoms with E-state index in [9.17, 15) is 0 Å². The SMILES string of the molecule is Cc1cccc(Cl)c1-c1c(NCCc2cccs2)ccc2c1nc(N)c1cncn12. The van der Waals surface area contributed by atoms with Gasteiger partial charge < -0.3 is 11.1 Å². The minimum atomic E-state index is 0.446. The van der Waals surface area contributed by atoms with Gasteiger partial charge in [0.1, 0.15) is 11.3 Å². The Bertz CT molecular complexity index is 1340. The fourth-order valence-electron chi connectivity index (χ4n) is 3.87. The molecule has 0 spiro atoms. The number of nitrogens with one attached hydrogen (secondary N) is 1. The first kappa shape index (κ1) is 18.9. The number of nitrogens with zero attached hydrogens (tertiary/aromatic N) is 3. The second-order valence-electron chi connectivity index (χ2n) is 7.19. The number of imidazole rings is 1. The van der Waals surface area contributed by atoms with Gasteiger partial charge in [-0.25, -0.2) is 9.97 Å². The topological polar surface area (TPSA) is 68.2 Å². The predicted octanol–water partition coefficient (Wildman–Crippen LogP) is 5.81. The van der Waals surface area contributed by atoms with Crippen LogP contribution in [0.4, 0.5) is 11.5 Å². The summed E-state index contributed by atoms with van der Waals surface area (Å²) in [6.07, 6.45) is 4.45. The van der Waals surface area contributed by atoms with Gasteiger partial charge in [0.25, 0.3) is 0 Å². The number of nitrogens with two attached hydrogens (primary N) is 1. The fourth-order valence-corrected chi connectivity index (χ4v) is 4.89. The number of halogens is 1. The highest BCUT2D eigenvalue weighted by Gasteiger charge is 2.19. The molecular formula is C23H20ClN5S. The second kappa shape index (κ2) is 7.63. The summed E-state index contributed by atoms with van der Waals surface area (Å²) in [5, 5.41) is 6.39. The van der Waals surface area contributed by atoms with E-state index >= 15 is 0 Å². The first-order valence-electron chi connectivity index (χ1n) is 9.69. The fraction of sp³-hybridized carbons (Fsp3) is 0.130. The molecule has 150 valence electrons. The zero-order chi connectivity index (χ0) is 20.7. The maximum absolute atomic E-state index is 6.68. The van der Waals surface area contributed by atoms with Gasteiger partial charge in [-0.15, -0.1) is 11.3 Å². The third-order valence-corrected chi connectivity index (χ3v) is 6.54. The first-order valence-corrected chi connectivity index (χ1v) is 10.9. The Morgan fingerprint density at radius 2 is 2.00 bits per heavy atom. The van der Waals surface area contributed by atoms with E-state index in [1.54, 1.807) is 23.9 Å². The lowest BCUT2D eigenvalue weighted by molar-refractivity contribution is 1.04. The van der Waals surface area contributed by atoms with Gasteiger partial charge in [0.05, 0.1) is 23.6 Å². The molecule has 3 heterocycles. The lowest BCUT2D eigenvalue weighted by atomic mass is 9.97. The van der Waals surface area contributed by atoms with E-state index in [4.69, 9.17) is 22.3 Å². The van der Waals surface area contributed by atoms with Crippen molar-refractivity contribution in [3.05, 3.63) is 75.8 Å². The van der Waals surface area contributed by atoms with Crippen molar-refractivity contribution in [2.45, 2.75) is 13.3 Å². The Balaban J connectivity index is 1.72. The summed E-state index contributed by atoms with van der Waals surface area (Å²) >= 11 is 8.45. The van der Waals surface area contributed by atoms with Gasteiger partial charge in [-0.3, -0.25) is 4.40 Å². The van der Waals surface area contributed by atoms with E-state index in [1.165, 1.54) is 4.88 Å². The summed E-state index contributed by atoms with van der Waals surface area (Å²) in [5.41, 5.74) is 12.8. The third kappa shape index (κ3) is 3.18. The number of fused-ring (bicyclic) bond motifs is 3. The van der Waals surface area contributed by atoms with Gasteiger partial charge in [0, 0.05) is 33.3 Å². The molecule has 5 aromatic rings. The molecule has 2 aromatic carbocycles. The molecule has 0 aliphatic rings. The first-order chi connectivity index (χ1) is 14.6. The molecule has 30 heavy (non-hydrogen) atoms. The summed E-state index contributed by atoms with van der Waals surface area (Å²) in [7, 11) is 0. The van der Waals surface area contributed by atoms with Crippen LogP contribution in [0.1, 0.15) is 10.4 Å². The molecule has 0 aliphatic carbocycles. The van der Waals surface area contributed by atoms with E-state index < -0.39 is 0 Å². The monoisotopic (exact) mass is 433 g/mol. The molecule has 0 radical (unpaired) electrons. The molecule has 0 unspecified atom stereocenters. The van der Waals surface area contributed by atoms with E-state index in [2.05, 4.69) is 52.9 Å². The molecule has 0 atom stereocenters. The van der Waals surface area contributed by atoms with Crippen LogP contribution >= 0.6 is 22.9 Å². The molecule has 0 bridgehead atoms. The highest BCUT2D eigenvalue weighted by Crippen LogP contribution is 2.41. The number of rotatable bonds is 5. The normalized spacial score (nSPS) is 11.4. The van der Waals surface area contributed by atoms with E-state index in [0.29, 0.717) is 10.8 Å². The van der Waals surface area contributed by atoms with Crippen LogP contribution in [0.25, 0.3) is 27.7 Å². The molecule has 0 aliphatic heterocycles. The van der Waals surface area contributed by atoms with Crippen molar-refractivity contribution in [3.63, 3.8) is 0 Å². The van der Waals surface area contributed by atoms with E-state index in [-0.39, 0.29) is 0 Å². The van der Waals surface area contributed by atoms with Crippen molar-refractivity contribution in [1.82, 2.24) is 14.4 Å². The number of benzene rings is 2. The maximum Gasteiger partial charge on any atom is 0.150 e. The number of anilines is 2. The molecule has 0 fully saturated rings. The second-order valence-corrected chi connectivity index (χ2v) is 8.63. The number of hydrogen-bond acceptors (Lipinski definition) is 5. The largest absolute Gasteiger partial charge is 0.384 e. The highest BCUT2D eigenvalue weighted by molar-refractivity contribution is 7.09. The molecule has 5 nitrogen and oxygen atoms in total. The average molecular weight is 434 g/mol. The predicted molar refractivity (Wildman–Crippen MR) is 127 cm³/mol. The van der Waals surface area contributed by atoms with Crippen molar-refractivity contribution < 1.29 is 0 Å². The molecule has 7 heteroatoms. The Morgan fingerprint density at radius 1 is 1.10 bits per heavy atom. The van der Waals surface area contributed by atoms with Crippen LogP contribution < -0.4 is 11.1 Å². The van der Waals surface area contributed by atoms with Crippen molar-refractivity contribution in [3.8, 4) is 11.1 Å². The number of hydrogen-bond donors (Lipinski definition) is 2. The summed E-state index contributed by atoms with van der Waals surface area (Å²) in [6.45, 7) is 2.87. The molecule has 0 amide bonds. The third-order valence-electron chi connectivity index (χ3n) is 5.29. The number of thiophene rings is 1. The molecule has 0 saturated heterocycles. The van der Waals surface area contributed by atoms with Gasteiger partial charge in [-0.05, 0) is 48.6 Å². The van der Waals surface area contributed by atoms with E-state index in [0.717, 1.165) is 51.9 Å². The summed E-state index contributed by atoms with van der Waals surface area (Å²) in [6, 6.07) is 14.3. The minimum absolute atomic E-state index is 0.446. The van der Waals surface area contributed by atoms with Crippen LogP contribution in [-0.2, 0) is 6.42 Å². The van der Waals surface area contributed by atoms with Crippen LogP contribution in [0.3, 0.4) is 0 Å². The quantitative estimate of drug-likeness (QED) is 0.367. The van der Waals surface area contributed by atoms with Gasteiger partial charge in [-0.1, -0.05) is 29.8 Å². The van der Waals surface area contributed by atoms with Crippen LogP contribution in [-0.4, -0.2) is 20.9 Å². The lowest BCUT2D eigenvalue weighted by Crippen LogP contribution is -2.07. The molecule has 0 saturated carbocycles. The number of aryl methyl sites for hydroxylation is 1. The highest BCUT2D eigenvalue weighted by atomic mass is 35.5. The van der Waals surface area contributed by atoms with E-state index in [1.807, 2.05) is 16.5 Å². The van der Waals surface area contributed by atoms with Crippen molar-refractivity contribution in [2.24, 2.45) is 0 Å². The van der Waals surface area contributed by atoms with Gasteiger partial charge >= 0.3 is 0 Å². The summed E-state index contributed by atoms with van der Waals surface area (Å²) < 4.78 is 1.97. The summed E-state index contributed by atoms with van der Waals surface area (Å²) in [5.74, 6) is 0.446. The van der Waals surface area contributed by atoms with Gasteiger partial charge in [-0.2, -0.15) is 0 Å². The van der Waals surface area contributed by atoms with Crippen LogP contribution in [0.2, 0.25) is 5.02 Å². The smallest absolute Gasteiger partial charge is 0.150 e. The lowest BCUT2D eigenvalue weighted by Gasteiger charge is -2.18. The zero-order valence-corrected chi connectivity index (χ0v) is 18.0. The van der Waals surface area contributed by atoms with Crippen LogP contribution in [0.15, 0.2) is 60.4 Å². The Labute approximate surface area is 183 Å². The van der Waals surface area contributed by atoms with Crippen LogP contribution in [0, 0.1) is 6.92 Å². The number of nitrogen functional groups attached to an aromatic ring is 1. The standard InChI is InChI=1S/C23H20ClN5S/c1-14-4-2-6-16(24)20(14)21-17(27-10-9-15-5-3-11-30-15)7-8-18-22(21)28-23(25)19-12-26-13-29(18)19/h2-8,11-13,27H,9-10H2,1H3,(H2,25,28). The molecular weight excluding hydrogens is 414 g/mol. The van der Waals surface area contributed by atoms with Crippen LogP contribution in [0.5, 0.6) is 0 Å².